The van der Waals surface area contributed by atoms with Crippen LogP contribution in [0.25, 0.3) is 22.2 Å². The Morgan fingerprint density at radius 3 is 2.57 bits per heavy atom. The number of nitriles is 1. The summed E-state index contributed by atoms with van der Waals surface area (Å²) in [6, 6.07) is 9.96. The molecule has 3 aromatic rings. The molecule has 3 rings (SSSR count). The topological polar surface area (TPSA) is 58.8 Å². The summed E-state index contributed by atoms with van der Waals surface area (Å²) >= 11 is 3.01. The third-order valence-electron chi connectivity index (χ3n) is 3.12. The van der Waals surface area contributed by atoms with E-state index < -0.39 is 0 Å². The highest BCUT2D eigenvalue weighted by Gasteiger charge is 2.08. The van der Waals surface area contributed by atoms with E-state index in [2.05, 4.69) is 16.0 Å². The van der Waals surface area contributed by atoms with Crippen LogP contribution >= 0.6 is 22.7 Å². The van der Waals surface area contributed by atoms with Crippen molar-refractivity contribution < 1.29 is 4.74 Å². The lowest BCUT2D eigenvalue weighted by Gasteiger charge is -2.00. The molecule has 0 saturated heterocycles. The first-order valence-electron chi connectivity index (χ1n) is 6.84. The highest BCUT2D eigenvalue weighted by atomic mass is 32.1. The Bertz CT molecular complexity index is 885. The van der Waals surface area contributed by atoms with Gasteiger partial charge in [-0.25, -0.2) is 9.97 Å². The van der Waals surface area contributed by atoms with Crippen molar-refractivity contribution in [1.29, 1.82) is 5.26 Å². The summed E-state index contributed by atoms with van der Waals surface area (Å²) in [5.41, 5.74) is 3.25. The predicted molar refractivity (Wildman–Crippen MR) is 94.4 cm³/mol. The lowest BCUT2D eigenvalue weighted by molar-refractivity contribution is 0.415. The fourth-order valence-electron chi connectivity index (χ4n) is 1.99. The number of thiazole rings is 2. The molecule has 0 spiro atoms. The van der Waals surface area contributed by atoms with Gasteiger partial charge in [0, 0.05) is 22.0 Å². The number of nitrogens with zero attached hydrogens (tertiary/aromatic N) is 3. The minimum Gasteiger partial charge on any atom is -0.497 e. The van der Waals surface area contributed by atoms with Crippen LogP contribution in [0, 0.1) is 18.3 Å². The normalized spacial score (nSPS) is 11.3. The molecule has 0 aliphatic carbocycles. The second-order valence-electron chi connectivity index (χ2n) is 4.77. The fourth-order valence-corrected chi connectivity index (χ4v) is 3.53. The summed E-state index contributed by atoms with van der Waals surface area (Å²) in [5.74, 6) is 0.816. The quantitative estimate of drug-likeness (QED) is 0.649. The van der Waals surface area contributed by atoms with E-state index in [0.717, 1.165) is 32.7 Å². The zero-order valence-corrected chi connectivity index (χ0v) is 14.2. The minimum absolute atomic E-state index is 0.537. The monoisotopic (exact) mass is 339 g/mol. The van der Waals surface area contributed by atoms with Crippen molar-refractivity contribution in [3.63, 3.8) is 0 Å². The molecule has 0 aliphatic heterocycles. The number of methoxy groups -OCH3 is 1. The van der Waals surface area contributed by atoms with Gasteiger partial charge in [-0.1, -0.05) is 0 Å². The molecular formula is C17H13N3OS2. The maximum absolute atomic E-state index is 9.34. The van der Waals surface area contributed by atoms with Crippen LogP contribution in [0.3, 0.4) is 0 Å². The summed E-state index contributed by atoms with van der Waals surface area (Å²) in [7, 11) is 1.64. The van der Waals surface area contributed by atoms with E-state index in [4.69, 9.17) is 4.74 Å². The van der Waals surface area contributed by atoms with Crippen molar-refractivity contribution in [2.45, 2.75) is 6.92 Å². The SMILES string of the molecule is COc1ccc(-c2nc(C=C(C#N)c3nc(C)cs3)cs2)cc1. The van der Waals surface area contributed by atoms with Crippen LogP contribution in [0.1, 0.15) is 16.4 Å². The second kappa shape index (κ2) is 6.73. The first kappa shape index (κ1) is 15.4. The van der Waals surface area contributed by atoms with Gasteiger partial charge in [0.15, 0.2) is 0 Å². The van der Waals surface area contributed by atoms with Crippen LogP contribution in [0.2, 0.25) is 0 Å². The summed E-state index contributed by atoms with van der Waals surface area (Å²) < 4.78 is 5.16. The molecule has 2 aromatic heterocycles. The molecule has 23 heavy (non-hydrogen) atoms. The maximum Gasteiger partial charge on any atom is 0.134 e. The van der Waals surface area contributed by atoms with Gasteiger partial charge in [-0.3, -0.25) is 0 Å². The summed E-state index contributed by atoms with van der Waals surface area (Å²) in [4.78, 5) is 8.93. The van der Waals surface area contributed by atoms with E-state index in [1.54, 1.807) is 24.5 Å². The lowest BCUT2D eigenvalue weighted by Crippen LogP contribution is -1.83. The molecule has 0 N–H and O–H groups in total. The third-order valence-corrected chi connectivity index (χ3v) is 5.02. The predicted octanol–water partition coefficient (Wildman–Crippen LogP) is 4.65. The average Bonchev–Trinajstić information content (AvgIpc) is 3.22. The summed E-state index contributed by atoms with van der Waals surface area (Å²) in [6.45, 7) is 1.92. The zero-order valence-electron chi connectivity index (χ0n) is 12.6. The summed E-state index contributed by atoms with van der Waals surface area (Å²) in [5, 5.41) is 14.9. The highest BCUT2D eigenvalue weighted by Crippen LogP contribution is 2.28. The van der Waals surface area contributed by atoms with Gasteiger partial charge in [-0.05, 0) is 37.3 Å². The first-order valence-corrected chi connectivity index (χ1v) is 8.60. The summed E-state index contributed by atoms with van der Waals surface area (Å²) in [6.07, 6.45) is 1.78. The Morgan fingerprint density at radius 2 is 1.96 bits per heavy atom. The number of aromatic nitrogens is 2. The maximum atomic E-state index is 9.34. The molecule has 0 aliphatic rings. The Labute approximate surface area is 142 Å². The van der Waals surface area contributed by atoms with Crippen molar-refractivity contribution in [2.75, 3.05) is 7.11 Å². The third kappa shape index (κ3) is 3.47. The van der Waals surface area contributed by atoms with Crippen LogP contribution in [0.15, 0.2) is 35.0 Å². The Hall–Kier alpha value is -2.49. The number of aryl methyl sites for hydroxylation is 1. The molecule has 4 nitrogen and oxygen atoms in total. The number of hydrogen-bond acceptors (Lipinski definition) is 6. The Morgan fingerprint density at radius 1 is 1.17 bits per heavy atom. The van der Waals surface area contributed by atoms with E-state index in [-0.39, 0.29) is 0 Å². The molecular weight excluding hydrogens is 326 g/mol. The van der Waals surface area contributed by atoms with Crippen LogP contribution in [0.4, 0.5) is 0 Å². The van der Waals surface area contributed by atoms with Gasteiger partial charge in [0.25, 0.3) is 0 Å². The molecule has 0 amide bonds. The van der Waals surface area contributed by atoms with E-state index in [1.807, 2.05) is 41.9 Å². The molecule has 6 heteroatoms. The van der Waals surface area contributed by atoms with Crippen molar-refractivity contribution in [3.05, 3.63) is 51.4 Å². The smallest absolute Gasteiger partial charge is 0.134 e. The van der Waals surface area contributed by atoms with Crippen molar-refractivity contribution >= 4 is 34.3 Å². The van der Waals surface area contributed by atoms with E-state index >= 15 is 0 Å². The van der Waals surface area contributed by atoms with Gasteiger partial charge in [0.05, 0.1) is 18.4 Å². The molecule has 0 fully saturated rings. The standard InChI is InChI=1S/C17H13N3OS2/c1-11-9-22-17(19-11)13(8-18)7-14-10-23-16(20-14)12-3-5-15(21-2)6-4-12/h3-7,9-10H,1-2H3. The van der Waals surface area contributed by atoms with E-state index in [1.165, 1.54) is 11.3 Å². The molecule has 0 saturated carbocycles. The van der Waals surface area contributed by atoms with Gasteiger partial charge < -0.3 is 4.74 Å². The second-order valence-corrected chi connectivity index (χ2v) is 6.49. The number of hydrogen-bond donors (Lipinski definition) is 0. The largest absolute Gasteiger partial charge is 0.497 e. The van der Waals surface area contributed by atoms with Gasteiger partial charge in [0.2, 0.25) is 0 Å². The van der Waals surface area contributed by atoms with Crippen molar-refractivity contribution in [3.8, 4) is 22.4 Å². The van der Waals surface area contributed by atoms with Crippen LogP contribution < -0.4 is 4.74 Å². The van der Waals surface area contributed by atoms with Crippen molar-refractivity contribution in [2.24, 2.45) is 0 Å². The van der Waals surface area contributed by atoms with E-state index in [0.29, 0.717) is 5.57 Å². The highest BCUT2D eigenvalue weighted by molar-refractivity contribution is 7.13. The number of benzene rings is 1. The van der Waals surface area contributed by atoms with E-state index in [9.17, 15) is 5.26 Å². The van der Waals surface area contributed by atoms with Gasteiger partial charge in [-0.2, -0.15) is 5.26 Å². The molecule has 1 aromatic carbocycles. The minimum atomic E-state index is 0.537. The number of allylic oxidation sites excluding steroid dienone is 1. The molecule has 0 bridgehead atoms. The Kier molecular flexibility index (Phi) is 4.51. The molecule has 0 atom stereocenters. The van der Waals surface area contributed by atoms with Crippen LogP contribution in [-0.2, 0) is 0 Å². The van der Waals surface area contributed by atoms with Crippen LogP contribution in [-0.4, -0.2) is 17.1 Å². The number of rotatable bonds is 4. The lowest BCUT2D eigenvalue weighted by atomic mass is 10.2. The van der Waals surface area contributed by atoms with Gasteiger partial charge in [0.1, 0.15) is 21.8 Å². The first-order chi connectivity index (χ1) is 11.2. The van der Waals surface area contributed by atoms with Gasteiger partial charge in [-0.15, -0.1) is 22.7 Å². The average molecular weight is 339 g/mol. The van der Waals surface area contributed by atoms with Crippen molar-refractivity contribution in [1.82, 2.24) is 9.97 Å². The van der Waals surface area contributed by atoms with Crippen LogP contribution in [0.5, 0.6) is 5.75 Å². The number of ether oxygens (including phenoxy) is 1. The Balaban J connectivity index is 1.88. The molecule has 0 unspecified atom stereocenters. The zero-order chi connectivity index (χ0) is 16.2. The van der Waals surface area contributed by atoms with Gasteiger partial charge >= 0.3 is 0 Å². The molecule has 114 valence electrons. The molecule has 2 heterocycles. The fraction of sp³-hybridized carbons (Fsp3) is 0.118. The molecule has 0 radical (unpaired) electrons.